The van der Waals surface area contributed by atoms with E-state index in [1.54, 1.807) is 12.4 Å². The number of hydrogen-bond acceptors (Lipinski definition) is 4. The van der Waals surface area contributed by atoms with Gasteiger partial charge in [-0.2, -0.15) is 0 Å². The van der Waals surface area contributed by atoms with Crippen LogP contribution in [0.2, 0.25) is 0 Å². The van der Waals surface area contributed by atoms with Gasteiger partial charge in [-0.15, -0.1) is 24.8 Å². The Hall–Kier alpha value is -2.21. The Bertz CT molecular complexity index is 899. The van der Waals surface area contributed by atoms with Crippen LogP contribution in [0.1, 0.15) is 23.2 Å². The number of amides is 1. The summed E-state index contributed by atoms with van der Waals surface area (Å²) in [7, 11) is 0. The van der Waals surface area contributed by atoms with E-state index in [1.165, 1.54) is 0 Å². The van der Waals surface area contributed by atoms with Crippen LogP contribution in [-0.2, 0) is 0 Å². The zero-order chi connectivity index (χ0) is 17.1. The third-order valence-electron chi connectivity index (χ3n) is 4.61. The summed E-state index contributed by atoms with van der Waals surface area (Å²) in [5, 5.41) is 7.39. The number of rotatable bonds is 3. The minimum atomic E-state index is -0.0270. The molecule has 0 bridgehead atoms. The van der Waals surface area contributed by atoms with Gasteiger partial charge in [0.2, 0.25) is 0 Å². The fraction of sp³-hybridized carbons (Fsp3) is 0.250. The van der Waals surface area contributed by atoms with Crippen molar-refractivity contribution < 1.29 is 4.79 Å². The average Bonchev–Trinajstić information content (AvgIpc) is 2.68. The lowest BCUT2D eigenvalue weighted by Crippen LogP contribution is -2.42. The summed E-state index contributed by atoms with van der Waals surface area (Å²) in [4.78, 5) is 21.7. The van der Waals surface area contributed by atoms with E-state index in [-0.39, 0.29) is 36.8 Å². The molecule has 0 aliphatic carbocycles. The zero-order valence-electron chi connectivity index (χ0n) is 14.7. The van der Waals surface area contributed by atoms with E-state index in [0.29, 0.717) is 5.56 Å². The number of hydrogen-bond donors (Lipinski definition) is 2. The molecule has 5 nitrogen and oxygen atoms in total. The summed E-state index contributed by atoms with van der Waals surface area (Å²) < 4.78 is 0. The highest BCUT2D eigenvalue weighted by atomic mass is 35.5. The van der Waals surface area contributed by atoms with Gasteiger partial charge in [-0.25, -0.2) is 4.98 Å². The maximum Gasteiger partial charge on any atom is 0.252 e. The van der Waals surface area contributed by atoms with Crippen LogP contribution in [0.5, 0.6) is 0 Å². The first-order valence-electron chi connectivity index (χ1n) is 8.63. The minimum Gasteiger partial charge on any atom is -0.349 e. The molecule has 2 N–H and O–H groups in total. The van der Waals surface area contributed by atoms with E-state index in [4.69, 9.17) is 4.98 Å². The van der Waals surface area contributed by atoms with Crippen molar-refractivity contribution in [2.75, 3.05) is 13.1 Å². The molecule has 1 amide bonds. The number of nitrogens with zero attached hydrogens (tertiary/aromatic N) is 2. The molecule has 0 radical (unpaired) electrons. The third-order valence-corrected chi connectivity index (χ3v) is 4.61. The van der Waals surface area contributed by atoms with Gasteiger partial charge in [0, 0.05) is 29.4 Å². The number of fused-ring (bicyclic) bond motifs is 1. The Kier molecular flexibility index (Phi) is 7.54. The van der Waals surface area contributed by atoms with Crippen LogP contribution in [0.3, 0.4) is 0 Å². The molecule has 0 atom stereocenters. The molecule has 1 aromatic carbocycles. The van der Waals surface area contributed by atoms with Crippen LogP contribution in [0.4, 0.5) is 0 Å². The Labute approximate surface area is 170 Å². The van der Waals surface area contributed by atoms with E-state index in [1.807, 2.05) is 42.5 Å². The lowest BCUT2D eigenvalue weighted by atomic mass is 10.0. The van der Waals surface area contributed by atoms with E-state index in [2.05, 4.69) is 15.6 Å². The maximum atomic E-state index is 12.9. The standard InChI is InChI=1S/C20H20N4O.2ClH/c25-20(23-15-7-11-22-12-8-15)17-13-19(14-5-9-21-10-6-14)24-18-4-2-1-3-16(17)18;;/h1-6,9-10,13,15,22H,7-8,11-12H2,(H,23,25);2*1H. The average molecular weight is 405 g/mol. The third kappa shape index (κ3) is 4.75. The largest absolute Gasteiger partial charge is 0.349 e. The van der Waals surface area contributed by atoms with Gasteiger partial charge in [-0.1, -0.05) is 18.2 Å². The quantitative estimate of drug-likeness (QED) is 0.699. The first-order chi connectivity index (χ1) is 12.3. The molecule has 7 heteroatoms. The number of aromatic nitrogens is 2. The van der Waals surface area contributed by atoms with Gasteiger partial charge >= 0.3 is 0 Å². The van der Waals surface area contributed by atoms with Gasteiger partial charge in [0.25, 0.3) is 5.91 Å². The number of para-hydroxylation sites is 1. The topological polar surface area (TPSA) is 66.9 Å². The van der Waals surface area contributed by atoms with Gasteiger partial charge in [0.1, 0.15) is 0 Å². The number of nitrogens with one attached hydrogen (secondary N) is 2. The summed E-state index contributed by atoms with van der Waals surface area (Å²) in [6, 6.07) is 13.7. The normalized spacial score (nSPS) is 14.1. The Morgan fingerprint density at radius 2 is 1.74 bits per heavy atom. The molecule has 3 aromatic rings. The summed E-state index contributed by atoms with van der Waals surface area (Å²) in [6.45, 7) is 1.90. The predicted octanol–water partition coefficient (Wildman–Crippen LogP) is 3.62. The monoisotopic (exact) mass is 404 g/mol. The number of benzene rings is 1. The molecule has 3 heterocycles. The van der Waals surface area contributed by atoms with Crippen molar-refractivity contribution >= 4 is 41.6 Å². The van der Waals surface area contributed by atoms with Gasteiger partial charge in [0.15, 0.2) is 0 Å². The van der Waals surface area contributed by atoms with Crippen LogP contribution in [0, 0.1) is 0 Å². The van der Waals surface area contributed by atoms with E-state index < -0.39 is 0 Å². The predicted molar refractivity (Wildman–Crippen MR) is 113 cm³/mol. The van der Waals surface area contributed by atoms with E-state index in [0.717, 1.165) is 48.1 Å². The number of carbonyl (C=O) groups excluding carboxylic acids is 1. The zero-order valence-corrected chi connectivity index (χ0v) is 16.4. The fourth-order valence-corrected chi connectivity index (χ4v) is 3.26. The van der Waals surface area contributed by atoms with Crippen LogP contribution in [-0.4, -0.2) is 35.0 Å². The fourth-order valence-electron chi connectivity index (χ4n) is 3.26. The second-order valence-corrected chi connectivity index (χ2v) is 6.31. The number of piperidine rings is 1. The van der Waals surface area contributed by atoms with E-state index in [9.17, 15) is 4.79 Å². The van der Waals surface area contributed by atoms with Crippen molar-refractivity contribution in [3.05, 3.63) is 60.4 Å². The first kappa shape index (κ1) is 21.1. The second kappa shape index (κ2) is 9.65. The van der Waals surface area contributed by atoms with Crippen LogP contribution in [0.25, 0.3) is 22.2 Å². The van der Waals surface area contributed by atoms with Crippen molar-refractivity contribution in [1.82, 2.24) is 20.6 Å². The molecule has 142 valence electrons. The highest BCUT2D eigenvalue weighted by Gasteiger charge is 2.19. The molecule has 4 rings (SSSR count). The second-order valence-electron chi connectivity index (χ2n) is 6.31. The number of pyridine rings is 2. The molecule has 0 spiro atoms. The van der Waals surface area contributed by atoms with Gasteiger partial charge in [0.05, 0.1) is 16.8 Å². The van der Waals surface area contributed by atoms with E-state index >= 15 is 0 Å². The van der Waals surface area contributed by atoms with Crippen LogP contribution in [0.15, 0.2) is 54.9 Å². The molecular weight excluding hydrogens is 383 g/mol. The number of halogens is 2. The first-order valence-corrected chi connectivity index (χ1v) is 8.63. The lowest BCUT2D eigenvalue weighted by Gasteiger charge is -2.24. The molecule has 27 heavy (non-hydrogen) atoms. The molecule has 1 aliphatic rings. The Morgan fingerprint density at radius 3 is 2.48 bits per heavy atom. The van der Waals surface area contributed by atoms with Crippen molar-refractivity contribution in [3.8, 4) is 11.3 Å². The highest BCUT2D eigenvalue weighted by molar-refractivity contribution is 6.07. The molecule has 0 saturated carbocycles. The van der Waals surface area contributed by atoms with Crippen molar-refractivity contribution in [2.24, 2.45) is 0 Å². The summed E-state index contributed by atoms with van der Waals surface area (Å²) in [5.41, 5.74) is 3.25. The molecular formula is C20H22Cl2N4O. The van der Waals surface area contributed by atoms with Crippen LogP contribution >= 0.6 is 24.8 Å². The summed E-state index contributed by atoms with van der Waals surface area (Å²) >= 11 is 0. The van der Waals surface area contributed by atoms with Gasteiger partial charge < -0.3 is 10.6 Å². The lowest BCUT2D eigenvalue weighted by molar-refractivity contribution is 0.0931. The number of carbonyl (C=O) groups is 1. The molecule has 1 fully saturated rings. The Morgan fingerprint density at radius 1 is 1.04 bits per heavy atom. The van der Waals surface area contributed by atoms with Crippen molar-refractivity contribution in [3.63, 3.8) is 0 Å². The molecule has 1 aliphatic heterocycles. The molecule has 2 aromatic heterocycles. The summed E-state index contributed by atoms with van der Waals surface area (Å²) in [5.74, 6) is -0.0270. The smallest absolute Gasteiger partial charge is 0.252 e. The summed E-state index contributed by atoms with van der Waals surface area (Å²) in [6.07, 6.45) is 5.40. The molecule has 1 saturated heterocycles. The SMILES string of the molecule is Cl.Cl.O=C(NC1CCNCC1)c1cc(-c2ccncc2)nc2ccccc12. The van der Waals surface area contributed by atoms with Crippen molar-refractivity contribution in [1.29, 1.82) is 0 Å². The van der Waals surface area contributed by atoms with Crippen LogP contribution < -0.4 is 10.6 Å². The van der Waals surface area contributed by atoms with Crippen molar-refractivity contribution in [2.45, 2.75) is 18.9 Å². The van der Waals surface area contributed by atoms with Gasteiger partial charge in [-0.05, 0) is 50.2 Å². The maximum absolute atomic E-state index is 12.9. The minimum absolute atomic E-state index is 0. The van der Waals surface area contributed by atoms with Gasteiger partial charge in [-0.3, -0.25) is 9.78 Å². The highest BCUT2D eigenvalue weighted by Crippen LogP contribution is 2.24. The molecule has 0 unspecified atom stereocenters. The Balaban J connectivity index is 0.00000131.